The van der Waals surface area contributed by atoms with E-state index in [1.165, 1.54) is 6.42 Å². The summed E-state index contributed by atoms with van der Waals surface area (Å²) in [6.07, 6.45) is 5.85. The Hall–Kier alpha value is -2.22. The van der Waals surface area contributed by atoms with E-state index in [4.69, 9.17) is 5.84 Å². The van der Waals surface area contributed by atoms with E-state index in [2.05, 4.69) is 44.2 Å². The summed E-state index contributed by atoms with van der Waals surface area (Å²) in [4.78, 5) is 15.4. The summed E-state index contributed by atoms with van der Waals surface area (Å²) in [5.74, 6) is 7.54. The fourth-order valence-electron chi connectivity index (χ4n) is 2.65. The third kappa shape index (κ3) is 2.66. The zero-order chi connectivity index (χ0) is 14.8. The largest absolute Gasteiger partial charge is 0.338 e. The molecule has 1 aliphatic heterocycles. The predicted octanol–water partition coefficient (Wildman–Crippen LogP) is 0.968. The van der Waals surface area contributed by atoms with Crippen molar-refractivity contribution in [2.24, 2.45) is 11.8 Å². The molecule has 1 saturated heterocycles. The lowest BCUT2D eigenvalue weighted by Gasteiger charge is -2.37. The number of piperidine rings is 1. The number of nitrogen functional groups attached to an aromatic ring is 1. The van der Waals surface area contributed by atoms with Gasteiger partial charge in [-0.2, -0.15) is 20.1 Å². The van der Waals surface area contributed by atoms with Crippen LogP contribution < -0.4 is 16.2 Å². The molecule has 0 aromatic carbocycles. The molecular weight excluding hydrogens is 268 g/mol. The molecule has 3 heterocycles. The van der Waals surface area contributed by atoms with Crippen LogP contribution in [-0.4, -0.2) is 37.3 Å². The van der Waals surface area contributed by atoms with Gasteiger partial charge in [-0.25, -0.2) is 10.5 Å². The van der Waals surface area contributed by atoms with Crippen molar-refractivity contribution >= 4 is 11.9 Å². The first kappa shape index (κ1) is 13.7. The monoisotopic (exact) mass is 288 g/mol. The van der Waals surface area contributed by atoms with Gasteiger partial charge in [0.1, 0.15) is 0 Å². The van der Waals surface area contributed by atoms with Gasteiger partial charge in [0.25, 0.3) is 5.95 Å². The van der Waals surface area contributed by atoms with Crippen molar-refractivity contribution in [2.45, 2.75) is 32.7 Å². The molecular formula is C13H20N8. The summed E-state index contributed by atoms with van der Waals surface area (Å²) in [5, 5.41) is 4.16. The molecule has 2 unspecified atom stereocenters. The number of hydrogen-bond donors (Lipinski definition) is 2. The van der Waals surface area contributed by atoms with Gasteiger partial charge in [0, 0.05) is 25.0 Å². The summed E-state index contributed by atoms with van der Waals surface area (Å²) < 4.78 is 1.60. The SMILES string of the molecule is CC1CCCN(c2nc(NN)nc(-n3cccn3)n2)C1C. The van der Waals surface area contributed by atoms with Crippen LogP contribution in [0.25, 0.3) is 5.95 Å². The van der Waals surface area contributed by atoms with Crippen molar-refractivity contribution in [2.75, 3.05) is 16.9 Å². The summed E-state index contributed by atoms with van der Waals surface area (Å²) in [5.41, 5.74) is 2.50. The van der Waals surface area contributed by atoms with E-state index >= 15 is 0 Å². The lowest BCUT2D eigenvalue weighted by molar-refractivity contribution is 0.359. The third-order valence-corrected chi connectivity index (χ3v) is 4.08. The maximum Gasteiger partial charge on any atom is 0.257 e. The summed E-state index contributed by atoms with van der Waals surface area (Å²) in [6.45, 7) is 5.41. The van der Waals surface area contributed by atoms with Crippen molar-refractivity contribution < 1.29 is 0 Å². The molecule has 112 valence electrons. The van der Waals surface area contributed by atoms with E-state index in [1.54, 1.807) is 17.1 Å². The molecule has 8 nitrogen and oxygen atoms in total. The lowest BCUT2D eigenvalue weighted by Crippen LogP contribution is -2.43. The van der Waals surface area contributed by atoms with Crippen molar-refractivity contribution in [1.82, 2.24) is 24.7 Å². The van der Waals surface area contributed by atoms with E-state index in [0.717, 1.165) is 13.0 Å². The zero-order valence-corrected chi connectivity index (χ0v) is 12.3. The second kappa shape index (κ2) is 5.65. The number of nitrogens with zero attached hydrogens (tertiary/aromatic N) is 6. The zero-order valence-electron chi connectivity index (χ0n) is 12.3. The second-order valence-electron chi connectivity index (χ2n) is 5.41. The summed E-state index contributed by atoms with van der Waals surface area (Å²) in [7, 11) is 0. The minimum atomic E-state index is 0.343. The van der Waals surface area contributed by atoms with Gasteiger partial charge in [0.05, 0.1) is 0 Å². The molecule has 1 fully saturated rings. The van der Waals surface area contributed by atoms with Gasteiger partial charge in [0.15, 0.2) is 0 Å². The highest BCUT2D eigenvalue weighted by molar-refractivity contribution is 5.40. The molecule has 2 aromatic heterocycles. The molecule has 2 atom stereocenters. The average Bonchev–Trinajstić information content (AvgIpc) is 3.04. The van der Waals surface area contributed by atoms with E-state index in [1.807, 2.05) is 6.07 Å². The molecule has 0 saturated carbocycles. The van der Waals surface area contributed by atoms with Crippen molar-refractivity contribution in [3.63, 3.8) is 0 Å². The summed E-state index contributed by atoms with van der Waals surface area (Å²) >= 11 is 0. The van der Waals surface area contributed by atoms with Gasteiger partial charge < -0.3 is 4.90 Å². The van der Waals surface area contributed by atoms with Crippen LogP contribution in [0, 0.1) is 5.92 Å². The van der Waals surface area contributed by atoms with Crippen LogP contribution in [0.2, 0.25) is 0 Å². The van der Waals surface area contributed by atoms with Gasteiger partial charge in [0.2, 0.25) is 11.9 Å². The Morgan fingerprint density at radius 3 is 2.76 bits per heavy atom. The standard InChI is InChI=1S/C13H20N8/c1-9-5-3-7-20(10(9)2)12-16-11(19-14)17-13(18-12)21-8-4-6-15-21/h4,6,8-10H,3,5,7,14H2,1-2H3,(H,16,17,18,19). The number of anilines is 2. The van der Waals surface area contributed by atoms with Gasteiger partial charge in [-0.3, -0.25) is 5.43 Å². The van der Waals surface area contributed by atoms with Crippen molar-refractivity contribution in [3.8, 4) is 5.95 Å². The molecule has 0 aliphatic carbocycles. The van der Waals surface area contributed by atoms with Gasteiger partial charge >= 0.3 is 0 Å². The molecule has 21 heavy (non-hydrogen) atoms. The third-order valence-electron chi connectivity index (χ3n) is 4.08. The predicted molar refractivity (Wildman–Crippen MR) is 80.0 cm³/mol. The first-order valence-corrected chi connectivity index (χ1v) is 7.18. The molecule has 2 aromatic rings. The fraction of sp³-hybridized carbons (Fsp3) is 0.538. The topological polar surface area (TPSA) is 97.8 Å². The number of nitrogens with two attached hydrogens (primary N) is 1. The maximum absolute atomic E-state index is 5.48. The van der Waals surface area contributed by atoms with Crippen LogP contribution in [-0.2, 0) is 0 Å². The van der Waals surface area contributed by atoms with E-state index < -0.39 is 0 Å². The van der Waals surface area contributed by atoms with E-state index in [0.29, 0.717) is 29.8 Å². The van der Waals surface area contributed by atoms with Crippen LogP contribution >= 0.6 is 0 Å². The van der Waals surface area contributed by atoms with Crippen LogP contribution in [0.15, 0.2) is 18.5 Å². The number of aromatic nitrogens is 5. The van der Waals surface area contributed by atoms with Crippen LogP contribution in [0.3, 0.4) is 0 Å². The lowest BCUT2D eigenvalue weighted by atomic mass is 9.92. The van der Waals surface area contributed by atoms with Crippen LogP contribution in [0.1, 0.15) is 26.7 Å². The van der Waals surface area contributed by atoms with Crippen molar-refractivity contribution in [3.05, 3.63) is 18.5 Å². The highest BCUT2D eigenvalue weighted by atomic mass is 15.4. The number of rotatable bonds is 3. The number of nitrogens with one attached hydrogen (secondary N) is 1. The Kier molecular flexibility index (Phi) is 3.70. The first-order chi connectivity index (χ1) is 10.2. The maximum atomic E-state index is 5.48. The Labute approximate surface area is 123 Å². The Morgan fingerprint density at radius 1 is 1.24 bits per heavy atom. The highest BCUT2D eigenvalue weighted by Gasteiger charge is 2.27. The number of hydrazine groups is 1. The quantitative estimate of drug-likeness (QED) is 0.641. The normalized spacial score (nSPS) is 22.3. The van der Waals surface area contributed by atoms with E-state index in [9.17, 15) is 0 Å². The second-order valence-corrected chi connectivity index (χ2v) is 5.41. The molecule has 0 bridgehead atoms. The van der Waals surface area contributed by atoms with Crippen LogP contribution in [0.5, 0.6) is 0 Å². The molecule has 0 spiro atoms. The minimum Gasteiger partial charge on any atom is -0.338 e. The molecule has 8 heteroatoms. The van der Waals surface area contributed by atoms with Gasteiger partial charge in [-0.1, -0.05) is 6.92 Å². The fourth-order valence-corrected chi connectivity index (χ4v) is 2.65. The minimum absolute atomic E-state index is 0.343. The first-order valence-electron chi connectivity index (χ1n) is 7.18. The molecule has 0 amide bonds. The highest BCUT2D eigenvalue weighted by Crippen LogP contribution is 2.26. The smallest absolute Gasteiger partial charge is 0.257 e. The van der Waals surface area contributed by atoms with E-state index in [-0.39, 0.29) is 0 Å². The molecule has 0 radical (unpaired) electrons. The molecule has 3 rings (SSSR count). The Morgan fingerprint density at radius 2 is 2.05 bits per heavy atom. The van der Waals surface area contributed by atoms with Crippen molar-refractivity contribution in [1.29, 1.82) is 0 Å². The molecule has 1 aliphatic rings. The van der Waals surface area contributed by atoms with Crippen LogP contribution in [0.4, 0.5) is 11.9 Å². The summed E-state index contributed by atoms with van der Waals surface area (Å²) in [6, 6.07) is 2.21. The number of hydrogen-bond acceptors (Lipinski definition) is 7. The Bertz CT molecular complexity index is 596. The van der Waals surface area contributed by atoms with Gasteiger partial charge in [-0.05, 0) is 31.7 Å². The Balaban J connectivity index is 1.99. The molecule has 3 N–H and O–H groups in total. The average molecular weight is 288 g/mol. The van der Waals surface area contributed by atoms with Gasteiger partial charge in [-0.15, -0.1) is 0 Å².